The van der Waals surface area contributed by atoms with Gasteiger partial charge in [0.05, 0.1) is 6.61 Å². The molecule has 0 aliphatic carbocycles. The van der Waals surface area contributed by atoms with Crippen molar-refractivity contribution >= 4 is 17.7 Å². The molecule has 1 heterocycles. The summed E-state index contributed by atoms with van der Waals surface area (Å²) in [6.07, 6.45) is 4.64. The molecule has 0 saturated carbocycles. The lowest BCUT2D eigenvalue weighted by Crippen LogP contribution is -2.52. The van der Waals surface area contributed by atoms with E-state index in [0.717, 1.165) is 31.7 Å². The first-order valence-electron chi connectivity index (χ1n) is 6.55. The fraction of sp³-hybridized carbons (Fsp3) is 0.923. The van der Waals surface area contributed by atoms with Gasteiger partial charge in [-0.3, -0.25) is 4.79 Å². The molecule has 1 N–H and O–H groups in total. The van der Waals surface area contributed by atoms with Gasteiger partial charge in [0.2, 0.25) is 5.91 Å². The summed E-state index contributed by atoms with van der Waals surface area (Å²) in [5, 5.41) is 9.70. The third kappa shape index (κ3) is 4.44. The number of rotatable bonds is 6. The van der Waals surface area contributed by atoms with Crippen LogP contribution in [0.2, 0.25) is 0 Å². The Labute approximate surface area is 115 Å². The van der Waals surface area contributed by atoms with Gasteiger partial charge in [0.1, 0.15) is 0 Å². The van der Waals surface area contributed by atoms with E-state index >= 15 is 0 Å². The van der Waals surface area contributed by atoms with Crippen molar-refractivity contribution in [1.29, 1.82) is 0 Å². The minimum Gasteiger partial charge on any atom is -0.396 e. The zero-order valence-corrected chi connectivity index (χ0v) is 12.6. The summed E-state index contributed by atoms with van der Waals surface area (Å²) in [4.78, 5) is 16.1. The second-order valence-corrected chi connectivity index (χ2v) is 6.54. The number of thioether (sulfide) groups is 1. The van der Waals surface area contributed by atoms with Gasteiger partial charge < -0.3 is 14.9 Å². The third-order valence-electron chi connectivity index (χ3n) is 3.52. The van der Waals surface area contributed by atoms with Crippen LogP contribution >= 0.6 is 11.8 Å². The molecule has 0 radical (unpaired) electrons. The Kier molecular flexibility index (Phi) is 6.46. The Hall–Kier alpha value is -0.260. The maximum Gasteiger partial charge on any atom is 0.223 e. The first-order chi connectivity index (χ1) is 8.53. The summed E-state index contributed by atoms with van der Waals surface area (Å²) in [5.41, 5.74) is -0.128. The van der Waals surface area contributed by atoms with Gasteiger partial charge in [-0.15, -0.1) is 0 Å². The summed E-state index contributed by atoms with van der Waals surface area (Å²) < 4.78 is 0. The lowest BCUT2D eigenvalue weighted by atomic mass is 9.80. The Balaban J connectivity index is 2.60. The van der Waals surface area contributed by atoms with Gasteiger partial charge in [0, 0.05) is 37.2 Å². The molecule has 5 heteroatoms. The zero-order valence-electron chi connectivity index (χ0n) is 11.8. The predicted molar refractivity (Wildman–Crippen MR) is 76.9 cm³/mol. The van der Waals surface area contributed by atoms with E-state index in [1.54, 1.807) is 11.8 Å². The molecule has 18 heavy (non-hydrogen) atoms. The molecule has 0 aromatic rings. The van der Waals surface area contributed by atoms with Gasteiger partial charge in [0.25, 0.3) is 0 Å². The van der Waals surface area contributed by atoms with Gasteiger partial charge in [-0.1, -0.05) is 0 Å². The maximum atomic E-state index is 12.1. The van der Waals surface area contributed by atoms with Crippen LogP contribution in [0.4, 0.5) is 0 Å². The number of piperidine rings is 1. The molecular formula is C13H26N2O2S. The number of aliphatic hydroxyl groups is 1. The van der Waals surface area contributed by atoms with Crippen LogP contribution < -0.4 is 0 Å². The molecular weight excluding hydrogens is 248 g/mol. The fourth-order valence-electron chi connectivity index (χ4n) is 2.75. The van der Waals surface area contributed by atoms with Gasteiger partial charge in [0.15, 0.2) is 0 Å². The average molecular weight is 274 g/mol. The van der Waals surface area contributed by atoms with Crippen LogP contribution in [0, 0.1) is 5.41 Å². The van der Waals surface area contributed by atoms with Crippen LogP contribution in [-0.4, -0.2) is 73.2 Å². The average Bonchev–Trinajstić information content (AvgIpc) is 2.35. The number of hydrogen-bond donors (Lipinski definition) is 1. The quantitative estimate of drug-likeness (QED) is 0.782. The van der Waals surface area contributed by atoms with Gasteiger partial charge in [-0.25, -0.2) is 0 Å². The van der Waals surface area contributed by atoms with E-state index in [1.807, 2.05) is 25.3 Å². The number of carbonyl (C=O) groups is 1. The number of hydrogen-bond acceptors (Lipinski definition) is 4. The molecule has 0 unspecified atom stereocenters. The first kappa shape index (κ1) is 15.8. The largest absolute Gasteiger partial charge is 0.396 e. The molecule has 0 aromatic heterocycles. The summed E-state index contributed by atoms with van der Waals surface area (Å²) in [6, 6.07) is 0. The Bertz CT molecular complexity index is 274. The Morgan fingerprint density at radius 3 is 2.78 bits per heavy atom. The van der Waals surface area contributed by atoms with Crippen molar-refractivity contribution in [1.82, 2.24) is 9.80 Å². The Morgan fingerprint density at radius 2 is 2.22 bits per heavy atom. The number of likely N-dealkylation sites (tertiary alicyclic amines) is 1. The normalized spacial score (nSPS) is 24.6. The number of carbonyl (C=O) groups excluding carboxylic acids is 1. The van der Waals surface area contributed by atoms with Gasteiger partial charge in [-0.05, 0) is 33.2 Å². The summed E-state index contributed by atoms with van der Waals surface area (Å²) in [6.45, 7) is 2.56. The highest BCUT2D eigenvalue weighted by atomic mass is 32.2. The minimum absolute atomic E-state index is 0.128. The molecule has 1 amide bonds. The van der Waals surface area contributed by atoms with E-state index in [4.69, 9.17) is 0 Å². The van der Waals surface area contributed by atoms with Crippen molar-refractivity contribution in [2.45, 2.75) is 19.3 Å². The van der Waals surface area contributed by atoms with Crippen molar-refractivity contribution in [3.63, 3.8) is 0 Å². The highest BCUT2D eigenvalue weighted by Crippen LogP contribution is 2.30. The fourth-order valence-corrected chi connectivity index (χ4v) is 3.13. The van der Waals surface area contributed by atoms with Crippen LogP contribution in [0.3, 0.4) is 0 Å². The van der Waals surface area contributed by atoms with Crippen LogP contribution in [0.5, 0.6) is 0 Å². The zero-order chi connectivity index (χ0) is 13.6. The van der Waals surface area contributed by atoms with E-state index in [-0.39, 0.29) is 17.9 Å². The lowest BCUT2D eigenvalue weighted by Gasteiger charge is -2.43. The number of aliphatic hydroxyl groups excluding tert-OH is 1. The molecule has 1 atom stereocenters. The van der Waals surface area contributed by atoms with E-state index in [9.17, 15) is 9.90 Å². The highest BCUT2D eigenvalue weighted by molar-refractivity contribution is 7.98. The van der Waals surface area contributed by atoms with E-state index in [0.29, 0.717) is 13.0 Å². The van der Waals surface area contributed by atoms with Gasteiger partial charge in [-0.2, -0.15) is 11.8 Å². The van der Waals surface area contributed by atoms with Crippen LogP contribution in [-0.2, 0) is 4.79 Å². The Morgan fingerprint density at radius 1 is 1.50 bits per heavy atom. The van der Waals surface area contributed by atoms with Crippen molar-refractivity contribution in [3.8, 4) is 0 Å². The molecule has 1 aliphatic heterocycles. The van der Waals surface area contributed by atoms with Crippen LogP contribution in [0.15, 0.2) is 0 Å². The predicted octanol–water partition coefficient (Wildman–Crippen LogP) is 0.902. The third-order valence-corrected chi connectivity index (χ3v) is 4.13. The van der Waals surface area contributed by atoms with Crippen molar-refractivity contribution in [3.05, 3.63) is 0 Å². The molecule has 1 aliphatic rings. The second-order valence-electron chi connectivity index (χ2n) is 5.56. The topological polar surface area (TPSA) is 43.8 Å². The minimum atomic E-state index is -0.128. The van der Waals surface area contributed by atoms with E-state index in [2.05, 4.69) is 4.90 Å². The molecule has 1 fully saturated rings. The van der Waals surface area contributed by atoms with Crippen LogP contribution in [0.1, 0.15) is 19.3 Å². The number of amides is 1. The lowest BCUT2D eigenvalue weighted by molar-refractivity contribution is -0.135. The van der Waals surface area contributed by atoms with E-state index in [1.165, 1.54) is 0 Å². The molecule has 0 spiro atoms. The number of nitrogens with zero attached hydrogens (tertiary/aromatic N) is 2. The summed E-state index contributed by atoms with van der Waals surface area (Å²) >= 11 is 1.71. The summed E-state index contributed by atoms with van der Waals surface area (Å²) in [7, 11) is 4.04. The standard InChI is InChI=1S/C13H26N2O2S/c1-14(2)9-13(11-16)6-4-7-15(10-13)12(17)5-8-18-3/h16H,4-11H2,1-3H3/t13-/m0/s1. The molecule has 1 saturated heterocycles. The van der Waals surface area contributed by atoms with Crippen molar-refractivity contribution < 1.29 is 9.90 Å². The van der Waals surface area contributed by atoms with Gasteiger partial charge >= 0.3 is 0 Å². The van der Waals surface area contributed by atoms with Crippen molar-refractivity contribution in [2.75, 3.05) is 52.3 Å². The molecule has 4 nitrogen and oxygen atoms in total. The maximum absolute atomic E-state index is 12.1. The second kappa shape index (κ2) is 7.36. The van der Waals surface area contributed by atoms with Crippen molar-refractivity contribution in [2.24, 2.45) is 5.41 Å². The first-order valence-corrected chi connectivity index (χ1v) is 7.95. The summed E-state index contributed by atoms with van der Waals surface area (Å²) in [5.74, 6) is 1.12. The van der Waals surface area contributed by atoms with E-state index < -0.39 is 0 Å². The highest BCUT2D eigenvalue weighted by Gasteiger charge is 2.36. The molecule has 0 bridgehead atoms. The molecule has 106 valence electrons. The SMILES string of the molecule is CSCCC(=O)N1CCC[C@](CO)(CN(C)C)C1. The molecule has 0 aromatic carbocycles. The smallest absolute Gasteiger partial charge is 0.223 e. The monoisotopic (exact) mass is 274 g/mol. The molecule has 1 rings (SSSR count). The van der Waals surface area contributed by atoms with Crippen LogP contribution in [0.25, 0.3) is 0 Å².